The van der Waals surface area contributed by atoms with Gasteiger partial charge in [0.1, 0.15) is 11.3 Å². The number of aryl methyl sites for hydroxylation is 3. The molecule has 0 bridgehead atoms. The second-order valence-electron chi connectivity index (χ2n) is 6.30. The molecular formula is C20H19BrN2O4. The number of Topliss-reactive ketones (excluding diaryl/α,β-unsaturated/α-hetero) is 1. The Morgan fingerprint density at radius 3 is 2.56 bits per heavy atom. The number of benzene rings is 1. The SMILES string of the molecule is Cc1noc(C)c1C(=O)OCC(=O)c1cc(C)n(-c2cccc(Br)c2)c1C. The second kappa shape index (κ2) is 7.52. The number of aromatic nitrogens is 2. The van der Waals surface area contributed by atoms with Crippen LogP contribution >= 0.6 is 15.9 Å². The summed E-state index contributed by atoms with van der Waals surface area (Å²) in [6, 6.07) is 9.63. The third-order valence-corrected chi connectivity index (χ3v) is 4.86. The van der Waals surface area contributed by atoms with Gasteiger partial charge < -0.3 is 13.8 Å². The monoisotopic (exact) mass is 430 g/mol. The van der Waals surface area contributed by atoms with Crippen LogP contribution in [0, 0.1) is 27.7 Å². The molecule has 2 heterocycles. The van der Waals surface area contributed by atoms with Crippen molar-refractivity contribution >= 4 is 27.7 Å². The fourth-order valence-corrected chi connectivity index (χ4v) is 3.50. The average molecular weight is 431 g/mol. The van der Waals surface area contributed by atoms with Crippen molar-refractivity contribution in [2.75, 3.05) is 6.61 Å². The molecule has 0 spiro atoms. The lowest BCUT2D eigenvalue weighted by molar-refractivity contribution is 0.0472. The fourth-order valence-electron chi connectivity index (χ4n) is 3.11. The van der Waals surface area contributed by atoms with Gasteiger partial charge in [0.05, 0.1) is 5.69 Å². The molecule has 7 heteroatoms. The van der Waals surface area contributed by atoms with E-state index < -0.39 is 5.97 Å². The molecule has 0 radical (unpaired) electrons. The van der Waals surface area contributed by atoms with E-state index in [1.807, 2.05) is 48.7 Å². The third kappa shape index (κ3) is 3.73. The van der Waals surface area contributed by atoms with Crippen molar-refractivity contribution in [3.05, 3.63) is 68.8 Å². The van der Waals surface area contributed by atoms with Gasteiger partial charge in [0.25, 0.3) is 0 Å². The number of ether oxygens (including phenoxy) is 1. The molecular weight excluding hydrogens is 412 g/mol. The summed E-state index contributed by atoms with van der Waals surface area (Å²) in [7, 11) is 0. The molecule has 0 saturated carbocycles. The van der Waals surface area contributed by atoms with Crippen LogP contribution in [0.4, 0.5) is 0 Å². The van der Waals surface area contributed by atoms with E-state index in [4.69, 9.17) is 9.26 Å². The van der Waals surface area contributed by atoms with Gasteiger partial charge in [-0.1, -0.05) is 27.2 Å². The first-order chi connectivity index (χ1) is 12.8. The van der Waals surface area contributed by atoms with Crippen molar-refractivity contribution < 1.29 is 18.8 Å². The van der Waals surface area contributed by atoms with Gasteiger partial charge in [0, 0.05) is 27.1 Å². The Kier molecular flexibility index (Phi) is 5.32. The Bertz CT molecular complexity index is 1010. The van der Waals surface area contributed by atoms with Gasteiger partial charge in [-0.2, -0.15) is 0 Å². The molecule has 0 aliphatic carbocycles. The minimum atomic E-state index is -0.611. The first-order valence-electron chi connectivity index (χ1n) is 8.37. The van der Waals surface area contributed by atoms with Gasteiger partial charge in [0.2, 0.25) is 5.78 Å². The van der Waals surface area contributed by atoms with Crippen LogP contribution in [-0.2, 0) is 4.74 Å². The summed E-state index contributed by atoms with van der Waals surface area (Å²) < 4.78 is 13.1. The van der Waals surface area contributed by atoms with Crippen molar-refractivity contribution in [1.29, 1.82) is 0 Å². The number of hydrogen-bond donors (Lipinski definition) is 0. The zero-order valence-corrected chi connectivity index (χ0v) is 17.1. The summed E-state index contributed by atoms with van der Waals surface area (Å²) >= 11 is 3.47. The van der Waals surface area contributed by atoms with E-state index in [1.165, 1.54) is 0 Å². The lowest BCUT2D eigenvalue weighted by Crippen LogP contribution is -2.16. The predicted molar refractivity (Wildman–Crippen MR) is 104 cm³/mol. The largest absolute Gasteiger partial charge is 0.454 e. The van der Waals surface area contributed by atoms with E-state index >= 15 is 0 Å². The van der Waals surface area contributed by atoms with E-state index in [2.05, 4.69) is 21.1 Å². The van der Waals surface area contributed by atoms with E-state index in [0.717, 1.165) is 21.5 Å². The van der Waals surface area contributed by atoms with E-state index in [-0.39, 0.29) is 18.0 Å². The minimum absolute atomic E-state index is 0.260. The fraction of sp³-hybridized carbons (Fsp3) is 0.250. The average Bonchev–Trinajstić information content (AvgIpc) is 3.11. The Morgan fingerprint density at radius 2 is 1.93 bits per heavy atom. The highest BCUT2D eigenvalue weighted by Crippen LogP contribution is 2.24. The number of halogens is 1. The molecule has 0 aliphatic rings. The highest BCUT2D eigenvalue weighted by molar-refractivity contribution is 9.10. The Hall–Kier alpha value is -2.67. The van der Waals surface area contributed by atoms with Crippen LogP contribution in [0.5, 0.6) is 0 Å². The molecule has 0 atom stereocenters. The van der Waals surface area contributed by atoms with Crippen LogP contribution in [-0.4, -0.2) is 28.1 Å². The van der Waals surface area contributed by atoms with Crippen molar-refractivity contribution in [2.45, 2.75) is 27.7 Å². The van der Waals surface area contributed by atoms with Gasteiger partial charge in [-0.25, -0.2) is 4.79 Å². The maximum Gasteiger partial charge on any atom is 0.344 e. The first kappa shape index (κ1) is 19.1. The van der Waals surface area contributed by atoms with Crippen molar-refractivity contribution in [3.63, 3.8) is 0 Å². The molecule has 2 aromatic heterocycles. The number of carbonyl (C=O) groups excluding carboxylic acids is 2. The lowest BCUT2D eigenvalue weighted by atomic mass is 10.1. The van der Waals surface area contributed by atoms with Crippen LogP contribution in [0.1, 0.15) is 43.6 Å². The number of esters is 1. The molecule has 0 N–H and O–H groups in total. The Morgan fingerprint density at radius 1 is 1.19 bits per heavy atom. The van der Waals surface area contributed by atoms with Gasteiger partial charge in [-0.05, 0) is 52.0 Å². The summed E-state index contributed by atoms with van der Waals surface area (Å²) in [6.45, 7) is 6.74. The van der Waals surface area contributed by atoms with Crippen molar-refractivity contribution in [2.24, 2.45) is 0 Å². The Labute approximate surface area is 165 Å². The highest BCUT2D eigenvalue weighted by atomic mass is 79.9. The van der Waals surface area contributed by atoms with Crippen molar-refractivity contribution in [1.82, 2.24) is 9.72 Å². The van der Waals surface area contributed by atoms with Crippen LogP contribution in [0.3, 0.4) is 0 Å². The van der Waals surface area contributed by atoms with Gasteiger partial charge in [0.15, 0.2) is 6.61 Å². The van der Waals surface area contributed by atoms with E-state index in [0.29, 0.717) is 17.0 Å². The van der Waals surface area contributed by atoms with Crippen LogP contribution in [0.2, 0.25) is 0 Å². The lowest BCUT2D eigenvalue weighted by Gasteiger charge is -2.10. The number of hydrogen-bond acceptors (Lipinski definition) is 5. The van der Waals surface area contributed by atoms with Gasteiger partial charge in [-0.3, -0.25) is 4.79 Å². The van der Waals surface area contributed by atoms with Crippen LogP contribution in [0.15, 0.2) is 39.3 Å². The zero-order valence-electron chi connectivity index (χ0n) is 15.5. The minimum Gasteiger partial charge on any atom is -0.454 e. The first-order valence-corrected chi connectivity index (χ1v) is 9.17. The maximum absolute atomic E-state index is 12.6. The summed E-state index contributed by atoms with van der Waals surface area (Å²) in [6.07, 6.45) is 0. The molecule has 6 nitrogen and oxygen atoms in total. The molecule has 27 heavy (non-hydrogen) atoms. The smallest absolute Gasteiger partial charge is 0.344 e. The summed E-state index contributed by atoms with van der Waals surface area (Å²) in [5.41, 5.74) is 3.90. The van der Waals surface area contributed by atoms with E-state index in [9.17, 15) is 9.59 Å². The van der Waals surface area contributed by atoms with Gasteiger partial charge in [-0.15, -0.1) is 0 Å². The molecule has 0 amide bonds. The summed E-state index contributed by atoms with van der Waals surface area (Å²) in [4.78, 5) is 24.8. The van der Waals surface area contributed by atoms with Gasteiger partial charge >= 0.3 is 5.97 Å². The molecule has 1 aromatic carbocycles. The molecule has 3 aromatic rings. The normalized spacial score (nSPS) is 10.9. The molecule has 3 rings (SSSR count). The molecule has 0 aliphatic heterocycles. The highest BCUT2D eigenvalue weighted by Gasteiger charge is 2.22. The second-order valence-corrected chi connectivity index (χ2v) is 7.21. The van der Waals surface area contributed by atoms with Crippen LogP contribution in [0.25, 0.3) is 5.69 Å². The van der Waals surface area contributed by atoms with E-state index in [1.54, 1.807) is 13.8 Å². The molecule has 0 unspecified atom stereocenters. The molecule has 140 valence electrons. The predicted octanol–water partition coefficient (Wildman–Crippen LogP) is 4.50. The summed E-state index contributed by atoms with van der Waals surface area (Å²) in [5.74, 6) is -0.498. The Balaban J connectivity index is 1.80. The van der Waals surface area contributed by atoms with Crippen LogP contribution < -0.4 is 0 Å². The molecule has 0 fully saturated rings. The number of rotatable bonds is 5. The number of carbonyl (C=O) groups is 2. The summed E-state index contributed by atoms with van der Waals surface area (Å²) in [5, 5.41) is 3.72. The number of ketones is 1. The zero-order chi connectivity index (χ0) is 19.7. The quantitative estimate of drug-likeness (QED) is 0.439. The topological polar surface area (TPSA) is 74.3 Å². The standard InChI is InChI=1S/C20H19BrN2O4/c1-11-8-17(13(3)23(11)16-7-5-6-15(21)9-16)18(24)10-26-20(25)19-12(2)22-27-14(19)4/h5-9H,10H2,1-4H3. The number of nitrogens with zero attached hydrogens (tertiary/aromatic N) is 2. The third-order valence-electron chi connectivity index (χ3n) is 4.37. The molecule has 0 saturated heterocycles. The maximum atomic E-state index is 12.6. The van der Waals surface area contributed by atoms with Crippen molar-refractivity contribution in [3.8, 4) is 5.69 Å².